The maximum atomic E-state index is 13.3. The number of amides is 1. The first-order valence-corrected chi connectivity index (χ1v) is 11.5. The highest BCUT2D eigenvalue weighted by atomic mass is 79.9. The van der Waals surface area contributed by atoms with E-state index < -0.39 is 6.43 Å². The third-order valence-corrected chi connectivity index (χ3v) is 6.80. The highest BCUT2D eigenvalue weighted by Gasteiger charge is 2.34. The molecule has 32 heavy (non-hydrogen) atoms. The van der Waals surface area contributed by atoms with Crippen molar-refractivity contribution in [3.63, 3.8) is 0 Å². The molecule has 1 fully saturated rings. The molecular formula is C21H20BrCl2F2N5O. The minimum atomic E-state index is -2.71. The van der Waals surface area contributed by atoms with Crippen LogP contribution in [-0.2, 0) is 17.9 Å². The summed E-state index contributed by atoms with van der Waals surface area (Å²) in [6, 6.07) is 5.25. The first-order valence-electron chi connectivity index (χ1n) is 9.97. The third-order valence-electron chi connectivity index (χ3n) is 5.40. The molecule has 0 unspecified atom stereocenters. The summed E-state index contributed by atoms with van der Waals surface area (Å²) < 4.78 is 30.0. The molecule has 2 aromatic heterocycles. The quantitative estimate of drug-likeness (QED) is 0.380. The van der Waals surface area contributed by atoms with Gasteiger partial charge in [-0.15, -0.1) is 0 Å². The van der Waals surface area contributed by atoms with Gasteiger partial charge in [-0.05, 0) is 60.3 Å². The monoisotopic (exact) mass is 545 g/mol. The van der Waals surface area contributed by atoms with Crippen molar-refractivity contribution in [1.29, 1.82) is 0 Å². The zero-order chi connectivity index (χ0) is 23.2. The molecule has 1 N–H and O–H groups in total. The lowest BCUT2D eigenvalue weighted by Gasteiger charge is -2.10. The van der Waals surface area contributed by atoms with E-state index in [0.29, 0.717) is 38.1 Å². The van der Waals surface area contributed by atoms with Crippen molar-refractivity contribution in [2.75, 3.05) is 5.32 Å². The first kappa shape index (κ1) is 23.2. The van der Waals surface area contributed by atoms with Crippen LogP contribution < -0.4 is 5.32 Å². The third kappa shape index (κ3) is 4.70. The van der Waals surface area contributed by atoms with Crippen molar-refractivity contribution < 1.29 is 13.6 Å². The van der Waals surface area contributed by atoms with Crippen molar-refractivity contribution >= 4 is 50.7 Å². The van der Waals surface area contributed by atoms with E-state index in [1.165, 1.54) is 4.68 Å². The molecule has 1 amide bonds. The lowest BCUT2D eigenvalue weighted by atomic mass is 10.2. The van der Waals surface area contributed by atoms with Crippen molar-refractivity contribution in [3.05, 3.63) is 61.1 Å². The Morgan fingerprint density at radius 1 is 1.25 bits per heavy atom. The summed E-state index contributed by atoms with van der Waals surface area (Å²) in [6.45, 7) is 3.88. The smallest absolute Gasteiger partial charge is 0.283 e. The van der Waals surface area contributed by atoms with Gasteiger partial charge in [-0.2, -0.15) is 10.2 Å². The van der Waals surface area contributed by atoms with Crippen LogP contribution in [0.5, 0.6) is 0 Å². The standard InChI is InChI=1S/C21H20BrCl2F2N5O/c1-10-18(11(2)30(28-10)8-13-5-6-14(23)7-15(13)24)27-16(32)9-31-20(12-3-4-12)17(22)19(29-31)21(25)26/h5-7,12,21H,3-4,8-9H2,1-2H3,(H,27,32). The van der Waals surface area contributed by atoms with E-state index in [1.54, 1.807) is 23.7 Å². The molecule has 4 rings (SSSR count). The molecule has 0 atom stereocenters. The summed E-state index contributed by atoms with van der Waals surface area (Å²) in [6.07, 6.45) is -0.923. The van der Waals surface area contributed by atoms with E-state index in [0.717, 1.165) is 24.1 Å². The van der Waals surface area contributed by atoms with E-state index in [9.17, 15) is 13.6 Å². The highest BCUT2D eigenvalue weighted by molar-refractivity contribution is 9.10. The van der Waals surface area contributed by atoms with Gasteiger partial charge >= 0.3 is 0 Å². The van der Waals surface area contributed by atoms with Gasteiger partial charge in [-0.25, -0.2) is 8.78 Å². The molecule has 0 radical (unpaired) electrons. The van der Waals surface area contributed by atoms with Gasteiger partial charge in [0.15, 0.2) is 0 Å². The van der Waals surface area contributed by atoms with Crippen molar-refractivity contribution in [2.45, 2.75) is 52.1 Å². The average molecular weight is 547 g/mol. The topological polar surface area (TPSA) is 64.7 Å². The number of carbonyl (C=O) groups is 1. The number of aromatic nitrogens is 4. The Labute approximate surface area is 202 Å². The van der Waals surface area contributed by atoms with E-state index in [2.05, 4.69) is 31.4 Å². The Hall–Kier alpha value is -1.97. The van der Waals surface area contributed by atoms with Gasteiger partial charge < -0.3 is 5.32 Å². The Bertz CT molecular complexity index is 1190. The lowest BCUT2D eigenvalue weighted by Crippen LogP contribution is -2.21. The molecule has 2 heterocycles. The molecule has 170 valence electrons. The molecule has 0 aliphatic heterocycles. The first-order chi connectivity index (χ1) is 15.2. The molecular weight excluding hydrogens is 527 g/mol. The van der Waals surface area contributed by atoms with Crippen LogP contribution in [-0.4, -0.2) is 25.5 Å². The minimum absolute atomic E-state index is 0.146. The summed E-state index contributed by atoms with van der Waals surface area (Å²) >= 11 is 15.5. The molecule has 1 aromatic carbocycles. The maximum Gasteiger partial charge on any atom is 0.283 e. The van der Waals surface area contributed by atoms with Crippen molar-refractivity contribution in [2.24, 2.45) is 0 Å². The number of nitrogens with one attached hydrogen (secondary N) is 1. The second-order valence-corrected chi connectivity index (χ2v) is 9.44. The molecule has 0 bridgehead atoms. The Morgan fingerprint density at radius 2 is 1.97 bits per heavy atom. The number of benzene rings is 1. The number of rotatable bonds is 7. The van der Waals surface area contributed by atoms with Crippen LogP contribution in [0.25, 0.3) is 0 Å². The van der Waals surface area contributed by atoms with Crippen LogP contribution in [0.2, 0.25) is 10.0 Å². The fraction of sp³-hybridized carbons (Fsp3) is 0.381. The predicted octanol–water partition coefficient (Wildman–Crippen LogP) is 6.27. The summed E-state index contributed by atoms with van der Waals surface area (Å²) in [4.78, 5) is 12.8. The van der Waals surface area contributed by atoms with Crippen molar-refractivity contribution in [3.8, 4) is 0 Å². The highest BCUT2D eigenvalue weighted by Crippen LogP contribution is 2.45. The van der Waals surface area contributed by atoms with E-state index >= 15 is 0 Å². The van der Waals surface area contributed by atoms with Crippen LogP contribution in [0.4, 0.5) is 14.5 Å². The maximum absolute atomic E-state index is 13.3. The summed E-state index contributed by atoms with van der Waals surface area (Å²) in [7, 11) is 0. The Kier molecular flexibility index (Phi) is 6.61. The van der Waals surface area contributed by atoms with Gasteiger partial charge in [0.25, 0.3) is 6.43 Å². The molecule has 1 aliphatic rings. The number of alkyl halides is 2. The van der Waals surface area contributed by atoms with Gasteiger partial charge in [0.05, 0.1) is 33.8 Å². The SMILES string of the molecule is Cc1nn(Cc2ccc(Cl)cc2Cl)c(C)c1NC(=O)Cn1nc(C(F)F)c(Br)c1C1CC1. The van der Waals surface area contributed by atoms with Gasteiger partial charge in [0.1, 0.15) is 12.2 Å². The van der Waals surface area contributed by atoms with Crippen LogP contribution in [0, 0.1) is 13.8 Å². The number of hydrogen-bond donors (Lipinski definition) is 1. The number of carbonyl (C=O) groups excluding carboxylic acids is 1. The molecule has 0 spiro atoms. The minimum Gasteiger partial charge on any atom is -0.321 e. The summed E-state index contributed by atoms with van der Waals surface area (Å²) in [5.41, 5.74) is 3.12. The average Bonchev–Trinajstić information content (AvgIpc) is 3.45. The number of hydrogen-bond acceptors (Lipinski definition) is 3. The molecule has 3 aromatic rings. The van der Waals surface area contributed by atoms with Crippen LogP contribution in [0.3, 0.4) is 0 Å². The largest absolute Gasteiger partial charge is 0.321 e. The fourth-order valence-electron chi connectivity index (χ4n) is 3.64. The normalized spacial score (nSPS) is 13.8. The Morgan fingerprint density at radius 3 is 2.59 bits per heavy atom. The Balaban J connectivity index is 1.53. The van der Waals surface area contributed by atoms with Gasteiger partial charge in [0.2, 0.25) is 5.91 Å². The fourth-order valence-corrected chi connectivity index (χ4v) is 4.89. The second kappa shape index (κ2) is 9.11. The number of nitrogens with zero attached hydrogens (tertiary/aromatic N) is 4. The summed E-state index contributed by atoms with van der Waals surface area (Å²) in [5, 5.41) is 12.4. The van der Waals surface area contributed by atoms with Gasteiger partial charge in [-0.1, -0.05) is 29.3 Å². The molecule has 1 saturated carbocycles. The zero-order valence-corrected chi connectivity index (χ0v) is 20.4. The van der Waals surface area contributed by atoms with Crippen LogP contribution >= 0.6 is 39.1 Å². The predicted molar refractivity (Wildman–Crippen MR) is 123 cm³/mol. The molecule has 1 aliphatic carbocycles. The van der Waals surface area contributed by atoms with Crippen LogP contribution in [0.15, 0.2) is 22.7 Å². The zero-order valence-electron chi connectivity index (χ0n) is 17.3. The lowest BCUT2D eigenvalue weighted by molar-refractivity contribution is -0.117. The molecule has 0 saturated heterocycles. The van der Waals surface area contributed by atoms with E-state index in [4.69, 9.17) is 23.2 Å². The number of aryl methyl sites for hydroxylation is 1. The van der Waals surface area contributed by atoms with Gasteiger partial charge in [-0.3, -0.25) is 14.2 Å². The van der Waals surface area contributed by atoms with Gasteiger partial charge in [0, 0.05) is 16.0 Å². The number of halogens is 5. The van der Waals surface area contributed by atoms with Crippen LogP contribution in [0.1, 0.15) is 53.5 Å². The molecule has 11 heteroatoms. The van der Waals surface area contributed by atoms with E-state index in [-0.39, 0.29) is 24.1 Å². The second-order valence-electron chi connectivity index (χ2n) is 7.80. The van der Waals surface area contributed by atoms with Crippen molar-refractivity contribution in [1.82, 2.24) is 19.6 Å². The molecule has 6 nitrogen and oxygen atoms in total. The summed E-state index contributed by atoms with van der Waals surface area (Å²) in [5.74, 6) is -0.217. The number of anilines is 1. The van der Waals surface area contributed by atoms with E-state index in [1.807, 2.05) is 13.0 Å².